The highest BCUT2D eigenvalue weighted by molar-refractivity contribution is 9.10. The van der Waals surface area contributed by atoms with Crippen molar-refractivity contribution in [2.45, 2.75) is 12.0 Å². The summed E-state index contributed by atoms with van der Waals surface area (Å²) < 4.78 is 0.639. The first-order valence-electron chi connectivity index (χ1n) is 5.57. The molecule has 1 heterocycles. The largest absolute Gasteiger partial charge is 0.507 e. The van der Waals surface area contributed by atoms with Gasteiger partial charge in [-0.05, 0) is 30.4 Å². The topological polar surface area (TPSA) is 86.6 Å². The fourth-order valence-corrected chi connectivity index (χ4v) is 3.55. The quantitative estimate of drug-likeness (QED) is 0.778. The van der Waals surface area contributed by atoms with Crippen LogP contribution in [0.15, 0.2) is 22.7 Å². The van der Waals surface area contributed by atoms with Crippen molar-refractivity contribution in [3.05, 3.63) is 28.2 Å². The SMILES string of the molecule is O=C(NC1(C(=O)O)CCSC1)c1cc(Br)ccc1O. The number of carbonyl (C=O) groups excluding carboxylic acids is 1. The molecule has 0 aromatic heterocycles. The number of benzene rings is 1. The Kier molecular flexibility index (Phi) is 4.05. The second-order valence-corrected chi connectivity index (χ2v) is 6.33. The molecule has 1 unspecified atom stereocenters. The molecule has 1 saturated heterocycles. The van der Waals surface area contributed by atoms with Crippen LogP contribution in [0, 0.1) is 0 Å². The van der Waals surface area contributed by atoms with Crippen LogP contribution >= 0.6 is 27.7 Å². The number of hydrogen-bond donors (Lipinski definition) is 3. The van der Waals surface area contributed by atoms with Gasteiger partial charge in [-0.15, -0.1) is 0 Å². The Labute approximate surface area is 122 Å². The van der Waals surface area contributed by atoms with E-state index in [2.05, 4.69) is 21.2 Å². The van der Waals surface area contributed by atoms with Gasteiger partial charge >= 0.3 is 5.97 Å². The van der Waals surface area contributed by atoms with Crippen LogP contribution in [-0.4, -0.2) is 39.1 Å². The monoisotopic (exact) mass is 345 g/mol. The van der Waals surface area contributed by atoms with Crippen LogP contribution in [0.3, 0.4) is 0 Å². The van der Waals surface area contributed by atoms with E-state index in [0.717, 1.165) is 0 Å². The number of aliphatic carboxylic acids is 1. The summed E-state index contributed by atoms with van der Waals surface area (Å²) in [4.78, 5) is 23.5. The third kappa shape index (κ3) is 2.87. The molecule has 0 radical (unpaired) electrons. The summed E-state index contributed by atoms with van der Waals surface area (Å²) in [5.74, 6) is -0.768. The van der Waals surface area contributed by atoms with Gasteiger partial charge in [0.2, 0.25) is 0 Å². The van der Waals surface area contributed by atoms with Gasteiger partial charge < -0.3 is 15.5 Å². The number of halogens is 1. The van der Waals surface area contributed by atoms with Crippen molar-refractivity contribution in [3.8, 4) is 5.75 Å². The molecule has 7 heteroatoms. The Morgan fingerprint density at radius 1 is 1.42 bits per heavy atom. The predicted molar refractivity (Wildman–Crippen MR) is 75.6 cm³/mol. The second-order valence-electron chi connectivity index (χ2n) is 4.31. The van der Waals surface area contributed by atoms with E-state index in [1.165, 1.54) is 23.9 Å². The van der Waals surface area contributed by atoms with E-state index in [4.69, 9.17) is 0 Å². The number of hydrogen-bond acceptors (Lipinski definition) is 4. The molecule has 1 aromatic rings. The Hall–Kier alpha value is -1.21. The van der Waals surface area contributed by atoms with E-state index in [0.29, 0.717) is 22.4 Å². The Morgan fingerprint density at radius 2 is 2.16 bits per heavy atom. The van der Waals surface area contributed by atoms with E-state index >= 15 is 0 Å². The van der Waals surface area contributed by atoms with E-state index in [-0.39, 0.29) is 11.3 Å². The number of carboxylic acid groups (broad SMARTS) is 1. The molecule has 0 aliphatic carbocycles. The molecule has 19 heavy (non-hydrogen) atoms. The van der Waals surface area contributed by atoms with Gasteiger partial charge in [0.05, 0.1) is 5.56 Å². The summed E-state index contributed by atoms with van der Waals surface area (Å²) >= 11 is 4.69. The molecule has 3 N–H and O–H groups in total. The molecule has 2 rings (SSSR count). The second kappa shape index (κ2) is 5.42. The van der Waals surface area contributed by atoms with Crippen molar-refractivity contribution >= 4 is 39.6 Å². The van der Waals surface area contributed by atoms with Gasteiger partial charge in [0.25, 0.3) is 5.91 Å². The van der Waals surface area contributed by atoms with Crippen molar-refractivity contribution < 1.29 is 19.8 Å². The van der Waals surface area contributed by atoms with E-state index in [1.807, 2.05) is 0 Å². The predicted octanol–water partition coefficient (Wildman–Crippen LogP) is 1.84. The highest BCUT2D eigenvalue weighted by Crippen LogP contribution is 2.30. The Balaban J connectivity index is 2.25. The first kappa shape index (κ1) is 14.2. The maximum atomic E-state index is 12.1. The molecule has 1 atom stereocenters. The van der Waals surface area contributed by atoms with Gasteiger partial charge in [0.1, 0.15) is 11.3 Å². The number of thioether (sulfide) groups is 1. The third-order valence-electron chi connectivity index (χ3n) is 2.99. The van der Waals surface area contributed by atoms with Crippen LogP contribution in [0.25, 0.3) is 0 Å². The number of carboxylic acids is 1. The number of nitrogens with one attached hydrogen (secondary N) is 1. The standard InChI is InChI=1S/C12H12BrNO4S/c13-7-1-2-9(15)8(5-7)10(16)14-12(11(17)18)3-4-19-6-12/h1-2,5,15H,3-4,6H2,(H,14,16)(H,17,18). The summed E-state index contributed by atoms with van der Waals surface area (Å²) in [5, 5.41) is 21.5. The molecule has 1 aliphatic heterocycles. The minimum absolute atomic E-state index is 0.0619. The minimum Gasteiger partial charge on any atom is -0.507 e. The number of aromatic hydroxyl groups is 1. The van der Waals surface area contributed by atoms with Gasteiger partial charge in [0.15, 0.2) is 0 Å². The third-order valence-corrected chi connectivity index (χ3v) is 4.67. The first-order chi connectivity index (χ1) is 8.94. The average molecular weight is 346 g/mol. The zero-order chi connectivity index (χ0) is 14.0. The summed E-state index contributed by atoms with van der Waals surface area (Å²) in [7, 11) is 0. The summed E-state index contributed by atoms with van der Waals surface area (Å²) in [5.41, 5.74) is -1.18. The van der Waals surface area contributed by atoms with Crippen LogP contribution in [-0.2, 0) is 4.79 Å². The van der Waals surface area contributed by atoms with Crippen molar-refractivity contribution in [2.75, 3.05) is 11.5 Å². The van der Waals surface area contributed by atoms with E-state index < -0.39 is 17.4 Å². The Bertz CT molecular complexity index is 528. The molecule has 102 valence electrons. The smallest absolute Gasteiger partial charge is 0.330 e. The lowest BCUT2D eigenvalue weighted by Crippen LogP contribution is -2.54. The zero-order valence-corrected chi connectivity index (χ0v) is 12.3. The van der Waals surface area contributed by atoms with Gasteiger partial charge in [0, 0.05) is 10.2 Å². The molecule has 1 aromatic carbocycles. The first-order valence-corrected chi connectivity index (χ1v) is 7.51. The van der Waals surface area contributed by atoms with Gasteiger partial charge in [-0.25, -0.2) is 4.79 Å². The maximum Gasteiger partial charge on any atom is 0.330 e. The lowest BCUT2D eigenvalue weighted by atomic mass is 9.98. The molecule has 1 aliphatic rings. The maximum absolute atomic E-state index is 12.1. The number of phenols is 1. The van der Waals surface area contributed by atoms with Crippen molar-refractivity contribution in [1.82, 2.24) is 5.32 Å². The lowest BCUT2D eigenvalue weighted by Gasteiger charge is -2.24. The fourth-order valence-electron chi connectivity index (χ4n) is 1.86. The van der Waals surface area contributed by atoms with Crippen LogP contribution in [0.2, 0.25) is 0 Å². The highest BCUT2D eigenvalue weighted by atomic mass is 79.9. The highest BCUT2D eigenvalue weighted by Gasteiger charge is 2.43. The van der Waals surface area contributed by atoms with E-state index in [1.54, 1.807) is 6.07 Å². The van der Waals surface area contributed by atoms with Crippen LogP contribution in [0.1, 0.15) is 16.8 Å². The molecular formula is C12H12BrNO4S. The summed E-state index contributed by atoms with van der Waals surface area (Å²) in [6.45, 7) is 0. The summed E-state index contributed by atoms with van der Waals surface area (Å²) in [6, 6.07) is 4.45. The molecule has 0 saturated carbocycles. The average Bonchev–Trinajstić information content (AvgIpc) is 2.82. The molecular weight excluding hydrogens is 334 g/mol. The van der Waals surface area contributed by atoms with E-state index in [9.17, 15) is 19.8 Å². The van der Waals surface area contributed by atoms with Crippen molar-refractivity contribution in [3.63, 3.8) is 0 Å². The zero-order valence-electron chi connectivity index (χ0n) is 9.85. The molecule has 1 amide bonds. The van der Waals surface area contributed by atoms with Gasteiger partial charge in [-0.1, -0.05) is 15.9 Å². The van der Waals surface area contributed by atoms with Crippen LogP contribution in [0.5, 0.6) is 5.75 Å². The van der Waals surface area contributed by atoms with Crippen LogP contribution < -0.4 is 5.32 Å². The molecule has 1 fully saturated rings. The number of phenolic OH excluding ortho intramolecular Hbond substituents is 1. The number of amides is 1. The minimum atomic E-state index is -1.24. The number of carbonyl (C=O) groups is 2. The lowest BCUT2D eigenvalue weighted by molar-refractivity contribution is -0.143. The van der Waals surface area contributed by atoms with Crippen LogP contribution in [0.4, 0.5) is 0 Å². The van der Waals surface area contributed by atoms with Gasteiger partial charge in [-0.2, -0.15) is 11.8 Å². The molecule has 5 nitrogen and oxygen atoms in total. The van der Waals surface area contributed by atoms with Crippen molar-refractivity contribution in [1.29, 1.82) is 0 Å². The number of rotatable bonds is 3. The Morgan fingerprint density at radius 3 is 2.74 bits per heavy atom. The van der Waals surface area contributed by atoms with Crippen molar-refractivity contribution in [2.24, 2.45) is 0 Å². The summed E-state index contributed by atoms with van der Waals surface area (Å²) in [6.07, 6.45) is 0.382. The molecule has 0 spiro atoms. The van der Waals surface area contributed by atoms with Gasteiger partial charge in [-0.3, -0.25) is 4.79 Å². The fraction of sp³-hybridized carbons (Fsp3) is 0.333. The normalized spacial score (nSPS) is 22.2. The molecule has 0 bridgehead atoms.